The minimum atomic E-state index is -0.865. The monoisotopic (exact) mass is 203 g/mol. The average Bonchev–Trinajstić information content (AvgIpc) is 2.64. The van der Waals surface area contributed by atoms with E-state index in [9.17, 15) is 5.11 Å². The summed E-state index contributed by atoms with van der Waals surface area (Å²) in [5.41, 5.74) is 11.0. The van der Waals surface area contributed by atoms with Gasteiger partial charge in [0.1, 0.15) is 11.1 Å². The Kier molecular flexibility index (Phi) is 3.76. The number of aliphatic hydroxyl groups excluding tert-OH is 2. The summed E-state index contributed by atoms with van der Waals surface area (Å²) >= 11 is 1.27. The Hall–Kier alpha value is -0.530. The topological polar surface area (TPSA) is 105 Å². The number of hydrogen-bond donors (Lipinski definition) is 4. The quantitative estimate of drug-likeness (QED) is 0.509. The summed E-state index contributed by atoms with van der Waals surface area (Å²) in [6, 6.07) is -0.287. The smallest absolute Gasteiger partial charge is 0.113 e. The van der Waals surface area contributed by atoms with E-state index < -0.39 is 6.10 Å². The molecule has 0 spiro atoms. The fraction of sp³-hybridized carbons (Fsp3) is 0.571. The van der Waals surface area contributed by atoms with Crippen LogP contribution in [0.3, 0.4) is 0 Å². The molecule has 0 radical (unpaired) electrons. The number of aliphatic hydroxyl groups is 2. The van der Waals surface area contributed by atoms with Crippen molar-refractivity contribution in [3.8, 4) is 0 Å². The van der Waals surface area contributed by atoms with Gasteiger partial charge in [0, 0.05) is 12.7 Å². The Morgan fingerprint density at radius 3 is 2.85 bits per heavy atom. The van der Waals surface area contributed by atoms with Crippen LogP contribution in [0.5, 0.6) is 0 Å². The molecule has 0 aromatic carbocycles. The van der Waals surface area contributed by atoms with Crippen LogP contribution in [0.15, 0.2) is 6.20 Å². The summed E-state index contributed by atoms with van der Waals surface area (Å²) in [5.74, 6) is 0. The number of aromatic nitrogens is 1. The van der Waals surface area contributed by atoms with Gasteiger partial charge in [-0.05, 0) is 0 Å². The van der Waals surface area contributed by atoms with E-state index in [4.69, 9.17) is 16.6 Å². The van der Waals surface area contributed by atoms with Crippen LogP contribution >= 0.6 is 11.3 Å². The molecule has 1 aromatic heterocycles. The van der Waals surface area contributed by atoms with E-state index in [0.29, 0.717) is 16.4 Å². The van der Waals surface area contributed by atoms with E-state index in [2.05, 4.69) is 4.98 Å². The summed E-state index contributed by atoms with van der Waals surface area (Å²) < 4.78 is 0. The molecule has 0 aliphatic heterocycles. The highest BCUT2D eigenvalue weighted by atomic mass is 32.1. The summed E-state index contributed by atoms with van der Waals surface area (Å²) in [4.78, 5) is 4.61. The zero-order chi connectivity index (χ0) is 9.84. The number of thiazole rings is 1. The van der Waals surface area contributed by atoms with Crippen LogP contribution in [-0.4, -0.2) is 28.3 Å². The first kappa shape index (κ1) is 10.6. The third-order valence-electron chi connectivity index (χ3n) is 1.61. The van der Waals surface area contributed by atoms with E-state index in [0.717, 1.165) is 0 Å². The average molecular weight is 203 g/mol. The van der Waals surface area contributed by atoms with Gasteiger partial charge in [-0.3, -0.25) is 0 Å². The van der Waals surface area contributed by atoms with Gasteiger partial charge in [-0.2, -0.15) is 0 Å². The van der Waals surface area contributed by atoms with Crippen molar-refractivity contribution in [3.05, 3.63) is 16.1 Å². The summed E-state index contributed by atoms with van der Waals surface area (Å²) in [7, 11) is 0. The van der Waals surface area contributed by atoms with Crippen molar-refractivity contribution in [2.75, 3.05) is 13.2 Å². The van der Waals surface area contributed by atoms with E-state index in [1.807, 2.05) is 0 Å². The molecule has 0 bridgehead atoms. The molecule has 2 atom stereocenters. The van der Waals surface area contributed by atoms with Crippen LogP contribution in [0.4, 0.5) is 0 Å². The molecule has 0 amide bonds. The fourth-order valence-corrected chi connectivity index (χ4v) is 1.73. The van der Waals surface area contributed by atoms with Crippen molar-refractivity contribution in [2.24, 2.45) is 11.5 Å². The van der Waals surface area contributed by atoms with Gasteiger partial charge in [0.05, 0.1) is 17.5 Å². The summed E-state index contributed by atoms with van der Waals surface area (Å²) in [6.07, 6.45) is 0.646. The molecule has 0 saturated heterocycles. The maximum absolute atomic E-state index is 9.25. The van der Waals surface area contributed by atoms with Gasteiger partial charge in [-0.1, -0.05) is 0 Å². The molecular weight excluding hydrogens is 190 g/mol. The number of hydrogen-bond acceptors (Lipinski definition) is 6. The molecule has 1 rings (SSSR count). The molecule has 13 heavy (non-hydrogen) atoms. The first-order chi connectivity index (χ1) is 6.19. The lowest BCUT2D eigenvalue weighted by Gasteiger charge is -2.03. The largest absolute Gasteiger partial charge is 0.393 e. The van der Waals surface area contributed by atoms with Gasteiger partial charge in [0.15, 0.2) is 0 Å². The number of rotatable bonds is 4. The van der Waals surface area contributed by atoms with Crippen molar-refractivity contribution in [1.29, 1.82) is 0 Å². The van der Waals surface area contributed by atoms with E-state index >= 15 is 0 Å². The van der Waals surface area contributed by atoms with Gasteiger partial charge < -0.3 is 21.7 Å². The highest BCUT2D eigenvalue weighted by molar-refractivity contribution is 7.11. The van der Waals surface area contributed by atoms with Crippen LogP contribution in [0.2, 0.25) is 0 Å². The second kappa shape index (κ2) is 4.64. The van der Waals surface area contributed by atoms with E-state index in [1.165, 1.54) is 17.5 Å². The van der Waals surface area contributed by atoms with Crippen molar-refractivity contribution in [2.45, 2.75) is 12.1 Å². The van der Waals surface area contributed by atoms with Crippen molar-refractivity contribution < 1.29 is 10.2 Å². The molecule has 1 unspecified atom stereocenters. The first-order valence-corrected chi connectivity index (χ1v) is 4.71. The fourth-order valence-electron chi connectivity index (χ4n) is 0.817. The molecular formula is C7H13N3O2S. The van der Waals surface area contributed by atoms with Gasteiger partial charge >= 0.3 is 0 Å². The number of nitrogens with zero attached hydrogens (tertiary/aromatic N) is 1. The van der Waals surface area contributed by atoms with Crippen LogP contribution in [-0.2, 0) is 0 Å². The van der Waals surface area contributed by atoms with Crippen LogP contribution < -0.4 is 11.5 Å². The van der Waals surface area contributed by atoms with Gasteiger partial charge in [-0.25, -0.2) is 4.98 Å². The predicted octanol–water partition coefficient (Wildman–Crippen LogP) is -0.873. The zero-order valence-electron chi connectivity index (χ0n) is 7.05. The molecule has 74 valence electrons. The molecule has 0 aliphatic carbocycles. The van der Waals surface area contributed by atoms with Gasteiger partial charge in [0.2, 0.25) is 0 Å². The zero-order valence-corrected chi connectivity index (χ0v) is 7.87. The Morgan fingerprint density at radius 2 is 2.31 bits per heavy atom. The van der Waals surface area contributed by atoms with E-state index in [-0.39, 0.29) is 12.6 Å². The molecule has 1 heterocycles. The maximum atomic E-state index is 9.25. The van der Waals surface area contributed by atoms with Crippen molar-refractivity contribution in [1.82, 2.24) is 4.98 Å². The molecule has 1 aromatic rings. The minimum Gasteiger partial charge on any atom is -0.393 e. The molecule has 5 nitrogen and oxygen atoms in total. The standard InChI is InChI=1S/C7H13N3O2S/c8-1-4(9)7-10-2-6(13-7)5(12)3-11/h2,4-5,11-12H,1,3,8-9H2/t4-,5?/m0/s1. The highest BCUT2D eigenvalue weighted by Crippen LogP contribution is 2.23. The Bertz CT molecular complexity index is 241. The summed E-state index contributed by atoms with van der Waals surface area (Å²) in [6.45, 7) is 0.0155. The molecule has 6 N–H and O–H groups in total. The minimum absolute atomic E-state index is 0.287. The normalized spacial score (nSPS) is 15.7. The third-order valence-corrected chi connectivity index (χ3v) is 2.84. The molecule has 6 heteroatoms. The molecule has 0 fully saturated rings. The highest BCUT2D eigenvalue weighted by Gasteiger charge is 2.13. The lowest BCUT2D eigenvalue weighted by molar-refractivity contribution is 0.0982. The van der Waals surface area contributed by atoms with Crippen LogP contribution in [0, 0.1) is 0 Å². The Balaban J connectivity index is 2.74. The first-order valence-electron chi connectivity index (χ1n) is 3.89. The lowest BCUT2D eigenvalue weighted by Crippen LogP contribution is -2.20. The van der Waals surface area contributed by atoms with Crippen molar-refractivity contribution in [3.63, 3.8) is 0 Å². The van der Waals surface area contributed by atoms with Crippen LogP contribution in [0.25, 0.3) is 0 Å². The predicted molar refractivity (Wildman–Crippen MR) is 50.1 cm³/mol. The van der Waals surface area contributed by atoms with Crippen LogP contribution in [0.1, 0.15) is 22.0 Å². The third kappa shape index (κ3) is 2.45. The number of nitrogens with two attached hydrogens (primary N) is 2. The van der Waals surface area contributed by atoms with E-state index in [1.54, 1.807) is 0 Å². The Labute approximate surface area is 80.0 Å². The Morgan fingerprint density at radius 1 is 1.62 bits per heavy atom. The second-order valence-corrected chi connectivity index (χ2v) is 3.74. The second-order valence-electron chi connectivity index (χ2n) is 2.64. The van der Waals surface area contributed by atoms with Crippen molar-refractivity contribution >= 4 is 11.3 Å². The maximum Gasteiger partial charge on any atom is 0.113 e. The van der Waals surface area contributed by atoms with Gasteiger partial charge in [-0.15, -0.1) is 11.3 Å². The molecule has 0 aliphatic rings. The van der Waals surface area contributed by atoms with Gasteiger partial charge in [0.25, 0.3) is 0 Å². The molecule has 0 saturated carbocycles. The SMILES string of the molecule is NC[C@H](N)c1ncc(C(O)CO)s1. The summed E-state index contributed by atoms with van der Waals surface area (Å²) in [5, 5.41) is 18.6. The lowest BCUT2D eigenvalue weighted by atomic mass is 10.3.